The molecule has 0 aromatic heterocycles. The summed E-state index contributed by atoms with van der Waals surface area (Å²) in [5.74, 6) is 0. The Morgan fingerprint density at radius 2 is 1.58 bits per heavy atom. The van der Waals surface area contributed by atoms with Gasteiger partial charge in [0.15, 0.2) is 0 Å². The second-order valence-electron chi connectivity index (χ2n) is 3.53. The number of benzene rings is 2. The monoisotopic (exact) mass is 454 g/mol. The van der Waals surface area contributed by atoms with Crippen LogP contribution in [0.1, 0.15) is 11.1 Å². The SMILES string of the molecule is [Cl][Pt+].[NH-]c1ccccc1C=Nc1ccccc1C=[OH+]. The predicted molar refractivity (Wildman–Crippen MR) is 77.1 cm³/mol. The maximum Gasteiger partial charge on any atom is 0.314 e. The molecule has 0 aliphatic heterocycles. The van der Waals surface area contributed by atoms with Gasteiger partial charge in [-0.2, -0.15) is 0 Å². The molecule has 19 heavy (non-hydrogen) atoms. The van der Waals surface area contributed by atoms with Gasteiger partial charge < -0.3 is 5.73 Å². The zero-order chi connectivity index (χ0) is 14.1. The van der Waals surface area contributed by atoms with Crippen LogP contribution in [-0.4, -0.2) is 17.3 Å². The third-order valence-corrected chi connectivity index (χ3v) is 2.38. The predicted octanol–water partition coefficient (Wildman–Crippen LogP) is 4.33. The van der Waals surface area contributed by atoms with Crippen LogP contribution in [0.25, 0.3) is 5.73 Å². The largest absolute Gasteiger partial charge is 0.698 e. The summed E-state index contributed by atoms with van der Waals surface area (Å²) in [6, 6.07) is 14.5. The average molecular weight is 455 g/mol. The van der Waals surface area contributed by atoms with Crippen LogP contribution in [0.3, 0.4) is 0 Å². The first kappa shape index (κ1) is 15.6. The summed E-state index contributed by atoms with van der Waals surface area (Å²) in [5, 5.41) is 0. The van der Waals surface area contributed by atoms with E-state index >= 15 is 0 Å². The third-order valence-electron chi connectivity index (χ3n) is 2.38. The zero-order valence-electron chi connectivity index (χ0n) is 9.86. The van der Waals surface area contributed by atoms with Crippen molar-refractivity contribution in [2.75, 3.05) is 0 Å². The van der Waals surface area contributed by atoms with Gasteiger partial charge in [-0.15, -0.1) is 5.69 Å². The fraction of sp³-hybridized carbons (Fsp3) is 0. The number of nitrogens with one attached hydrogen (secondary N) is 1. The molecule has 0 heterocycles. The van der Waals surface area contributed by atoms with E-state index in [-0.39, 0.29) is 0 Å². The Balaban J connectivity index is 0.000000861. The minimum atomic E-state index is 0.432. The van der Waals surface area contributed by atoms with E-state index < -0.39 is 0 Å². The van der Waals surface area contributed by atoms with Crippen molar-refractivity contribution < 1.29 is 23.6 Å². The van der Waals surface area contributed by atoms with Crippen molar-refractivity contribution in [1.82, 2.24) is 0 Å². The molecular weight excluding hydrogens is 443 g/mol. The standard InChI is InChI=1S/C14H12N2O.ClH.Pt/c15-13-7-3-1-5-11(13)9-16-14-8-4-2-6-12(14)10-17;;/h1-10H,(H2,15,16,17);1H;/q;;+2/p-1. The fourth-order valence-electron chi connectivity index (χ4n) is 1.46. The van der Waals surface area contributed by atoms with Crippen molar-refractivity contribution in [2.24, 2.45) is 4.99 Å². The van der Waals surface area contributed by atoms with Gasteiger partial charge in [-0.1, -0.05) is 36.4 Å². The maximum atomic E-state index is 9.03. The van der Waals surface area contributed by atoms with Crippen LogP contribution in [0.2, 0.25) is 0 Å². The summed E-state index contributed by atoms with van der Waals surface area (Å²) in [6.45, 7) is 0. The minimum Gasteiger partial charge on any atom is -0.698 e. The van der Waals surface area contributed by atoms with Crippen LogP contribution in [0.15, 0.2) is 53.5 Å². The number of para-hydroxylation sites is 1. The van der Waals surface area contributed by atoms with Gasteiger partial charge in [0.2, 0.25) is 0 Å². The number of aldehydes is 1. The summed E-state index contributed by atoms with van der Waals surface area (Å²) in [6.07, 6.45) is 2.66. The molecule has 5 heteroatoms. The molecular formula is C14H12ClN2OPt+. The van der Waals surface area contributed by atoms with Gasteiger partial charge in [-0.3, -0.25) is 9.79 Å². The Bertz CT molecular complexity index is 573. The number of halogens is 1. The van der Waals surface area contributed by atoms with E-state index in [1.807, 2.05) is 36.4 Å². The van der Waals surface area contributed by atoms with E-state index in [0.717, 1.165) is 11.8 Å². The molecule has 0 spiro atoms. The molecule has 0 unspecified atom stereocenters. The van der Waals surface area contributed by atoms with E-state index in [0.29, 0.717) is 16.9 Å². The van der Waals surface area contributed by atoms with Crippen LogP contribution >= 0.6 is 9.42 Å². The zero-order valence-corrected chi connectivity index (χ0v) is 12.9. The second-order valence-corrected chi connectivity index (χ2v) is 3.53. The minimum absolute atomic E-state index is 0.432. The van der Waals surface area contributed by atoms with Gasteiger partial charge >= 0.3 is 34.5 Å². The van der Waals surface area contributed by atoms with Crippen LogP contribution in [-0.2, 0) is 18.8 Å². The van der Waals surface area contributed by atoms with Gasteiger partial charge in [0.05, 0.1) is 11.3 Å². The van der Waals surface area contributed by atoms with Crippen LogP contribution in [0.5, 0.6) is 0 Å². The number of hydrogen-bond acceptors (Lipinski definition) is 1. The van der Waals surface area contributed by atoms with Crippen molar-refractivity contribution >= 4 is 33.3 Å². The van der Waals surface area contributed by atoms with E-state index in [4.69, 9.17) is 10.5 Å². The van der Waals surface area contributed by atoms with Crippen LogP contribution in [0.4, 0.5) is 11.4 Å². The number of rotatable bonds is 3. The van der Waals surface area contributed by atoms with Gasteiger partial charge in [-0.05, 0) is 17.7 Å². The Kier molecular flexibility index (Phi) is 7.09. The number of carbonyl (C=O) groups excluding carboxylic acids is 1. The van der Waals surface area contributed by atoms with Crippen molar-refractivity contribution in [2.45, 2.75) is 0 Å². The quantitative estimate of drug-likeness (QED) is 0.376. The number of hydrogen-bond donors (Lipinski definition) is 0. The maximum absolute atomic E-state index is 9.03. The Morgan fingerprint density at radius 1 is 1.00 bits per heavy atom. The average Bonchev–Trinajstić information content (AvgIpc) is 2.49. The molecule has 0 saturated carbocycles. The van der Waals surface area contributed by atoms with E-state index in [2.05, 4.69) is 14.4 Å². The first-order chi connectivity index (χ1) is 9.31. The molecule has 100 valence electrons. The van der Waals surface area contributed by atoms with Crippen molar-refractivity contribution in [3.8, 4) is 0 Å². The Morgan fingerprint density at radius 3 is 2.21 bits per heavy atom. The summed E-state index contributed by atoms with van der Waals surface area (Å²) in [4.78, 5) is 13.3. The topological polar surface area (TPSA) is 57.6 Å². The van der Waals surface area contributed by atoms with E-state index in [1.54, 1.807) is 37.1 Å². The third kappa shape index (κ3) is 4.62. The molecule has 3 nitrogen and oxygen atoms in total. The number of aliphatic imine (C=N–C) groups is 1. The number of nitrogens with zero attached hydrogens (tertiary/aromatic N) is 1. The smallest absolute Gasteiger partial charge is 0.314 e. The molecule has 0 bridgehead atoms. The van der Waals surface area contributed by atoms with Crippen molar-refractivity contribution in [3.05, 3.63) is 65.4 Å². The van der Waals surface area contributed by atoms with Gasteiger partial charge in [0.25, 0.3) is 0 Å². The molecule has 2 aromatic carbocycles. The normalized spacial score (nSPS) is 9.84. The van der Waals surface area contributed by atoms with Gasteiger partial charge in [0.1, 0.15) is 0 Å². The molecule has 0 atom stereocenters. The summed E-state index contributed by atoms with van der Waals surface area (Å²) >= 11 is 1.61. The van der Waals surface area contributed by atoms with Crippen LogP contribution < -0.4 is 0 Å². The molecule has 0 fully saturated rings. The molecule has 2 rings (SSSR count). The first-order valence-electron chi connectivity index (χ1n) is 5.34. The van der Waals surface area contributed by atoms with Crippen molar-refractivity contribution in [3.63, 3.8) is 0 Å². The van der Waals surface area contributed by atoms with Crippen LogP contribution in [0, 0.1) is 0 Å². The Hall–Kier alpha value is -1.44. The van der Waals surface area contributed by atoms with E-state index in [1.165, 1.54) is 0 Å². The molecule has 0 aliphatic rings. The fourth-order valence-corrected chi connectivity index (χ4v) is 1.46. The molecule has 0 saturated heterocycles. The molecule has 0 radical (unpaired) electrons. The van der Waals surface area contributed by atoms with Gasteiger partial charge in [0, 0.05) is 6.21 Å². The molecule has 0 aliphatic carbocycles. The second kappa shape index (κ2) is 8.62. The molecule has 0 amide bonds. The van der Waals surface area contributed by atoms with E-state index in [9.17, 15) is 0 Å². The van der Waals surface area contributed by atoms with Crippen molar-refractivity contribution in [1.29, 1.82) is 0 Å². The molecule has 2 aromatic rings. The summed E-state index contributed by atoms with van der Waals surface area (Å²) < 4.78 is 0. The first-order valence-corrected chi connectivity index (χ1v) is 8.16. The summed E-state index contributed by atoms with van der Waals surface area (Å²) in [5.41, 5.74) is 10.2. The Labute approximate surface area is 127 Å². The molecule has 2 N–H and O–H groups in total. The summed E-state index contributed by atoms with van der Waals surface area (Å²) in [7, 11) is 4.61. The van der Waals surface area contributed by atoms with Gasteiger partial charge in [-0.25, -0.2) is 0 Å².